The van der Waals surface area contributed by atoms with Crippen molar-refractivity contribution in [3.63, 3.8) is 0 Å². The summed E-state index contributed by atoms with van der Waals surface area (Å²) in [5.41, 5.74) is 0.0574. The maximum atomic E-state index is 13.6. The Morgan fingerprint density at radius 1 is 1.50 bits per heavy atom. The lowest BCUT2D eigenvalue weighted by Gasteiger charge is -2.33. The van der Waals surface area contributed by atoms with Crippen LogP contribution in [0.3, 0.4) is 0 Å². The number of likely N-dealkylation sites (tertiary alicyclic amines) is 1. The predicted molar refractivity (Wildman–Crippen MR) is 70.4 cm³/mol. The quantitative estimate of drug-likeness (QED) is 0.825. The van der Waals surface area contributed by atoms with E-state index in [2.05, 4.69) is 5.32 Å². The number of nitrogens with zero attached hydrogens (tertiary/aromatic N) is 1. The van der Waals surface area contributed by atoms with Crippen LogP contribution in [0.2, 0.25) is 5.02 Å². The number of hydrogen-bond donors (Lipinski definition) is 1. The molecule has 0 bridgehead atoms. The molecule has 0 spiro atoms. The minimum Gasteiger partial charge on any atom is -0.322 e. The molecule has 1 aliphatic rings. The van der Waals surface area contributed by atoms with Crippen molar-refractivity contribution >= 4 is 23.3 Å². The Morgan fingerprint density at radius 2 is 2.28 bits per heavy atom. The number of carbonyl (C=O) groups is 1. The summed E-state index contributed by atoms with van der Waals surface area (Å²) in [5, 5.41) is 2.77. The molecule has 1 N–H and O–H groups in total. The highest BCUT2D eigenvalue weighted by Crippen LogP contribution is 2.26. The molecule has 0 aromatic heterocycles. The van der Waals surface area contributed by atoms with Crippen LogP contribution in [0.1, 0.15) is 26.2 Å². The lowest BCUT2D eigenvalue weighted by Crippen LogP contribution is -2.44. The number of rotatable bonds is 1. The molecule has 1 atom stereocenters. The molecule has 18 heavy (non-hydrogen) atoms. The van der Waals surface area contributed by atoms with Crippen LogP contribution < -0.4 is 5.32 Å². The Morgan fingerprint density at radius 3 is 2.94 bits per heavy atom. The summed E-state index contributed by atoms with van der Waals surface area (Å²) in [6.07, 6.45) is 3.10. The van der Waals surface area contributed by atoms with E-state index in [1.807, 2.05) is 6.92 Å². The van der Waals surface area contributed by atoms with Crippen molar-refractivity contribution in [2.75, 3.05) is 11.9 Å². The van der Waals surface area contributed by atoms with Gasteiger partial charge in [0.1, 0.15) is 5.82 Å². The summed E-state index contributed by atoms with van der Waals surface area (Å²) < 4.78 is 13.6. The number of para-hydroxylation sites is 1. The highest BCUT2D eigenvalue weighted by molar-refractivity contribution is 6.33. The molecular formula is C13H16ClFN2O. The van der Waals surface area contributed by atoms with Crippen molar-refractivity contribution in [3.8, 4) is 0 Å². The molecule has 1 aliphatic heterocycles. The zero-order chi connectivity index (χ0) is 13.1. The summed E-state index contributed by atoms with van der Waals surface area (Å²) in [5.74, 6) is -0.513. The molecule has 1 aromatic rings. The summed E-state index contributed by atoms with van der Waals surface area (Å²) >= 11 is 5.88. The molecule has 2 amide bonds. The van der Waals surface area contributed by atoms with Crippen LogP contribution in [0.25, 0.3) is 0 Å². The van der Waals surface area contributed by atoms with E-state index in [1.165, 1.54) is 12.1 Å². The van der Waals surface area contributed by atoms with E-state index in [-0.39, 0.29) is 22.8 Å². The largest absolute Gasteiger partial charge is 0.322 e. The highest BCUT2D eigenvalue weighted by atomic mass is 35.5. The average molecular weight is 271 g/mol. The molecule has 0 radical (unpaired) electrons. The van der Waals surface area contributed by atoms with Crippen LogP contribution in [-0.4, -0.2) is 23.5 Å². The normalized spacial score (nSPS) is 19.7. The summed E-state index contributed by atoms with van der Waals surface area (Å²) in [4.78, 5) is 13.8. The molecule has 0 saturated carbocycles. The van der Waals surface area contributed by atoms with E-state index in [1.54, 1.807) is 11.0 Å². The van der Waals surface area contributed by atoms with Gasteiger partial charge in [-0.25, -0.2) is 9.18 Å². The molecule has 5 heteroatoms. The van der Waals surface area contributed by atoms with E-state index in [0.29, 0.717) is 6.54 Å². The van der Waals surface area contributed by atoms with Crippen molar-refractivity contribution in [2.45, 2.75) is 32.2 Å². The second-order valence-corrected chi connectivity index (χ2v) is 4.97. The van der Waals surface area contributed by atoms with Crippen LogP contribution in [0.4, 0.5) is 14.9 Å². The predicted octanol–water partition coefficient (Wildman–Crippen LogP) is 3.89. The highest BCUT2D eigenvalue weighted by Gasteiger charge is 2.24. The van der Waals surface area contributed by atoms with Gasteiger partial charge in [0.2, 0.25) is 0 Å². The molecule has 2 rings (SSSR count). The molecule has 98 valence electrons. The number of amides is 2. The summed E-state index contributed by atoms with van der Waals surface area (Å²) in [6, 6.07) is 4.25. The lowest BCUT2D eigenvalue weighted by atomic mass is 10.0. The van der Waals surface area contributed by atoms with Gasteiger partial charge in [0.25, 0.3) is 0 Å². The van der Waals surface area contributed by atoms with Crippen LogP contribution in [0, 0.1) is 5.82 Å². The van der Waals surface area contributed by atoms with E-state index < -0.39 is 5.82 Å². The molecule has 0 aliphatic carbocycles. The van der Waals surface area contributed by atoms with Gasteiger partial charge in [-0.2, -0.15) is 0 Å². The Labute approximate surface area is 111 Å². The van der Waals surface area contributed by atoms with Gasteiger partial charge in [-0.3, -0.25) is 0 Å². The fourth-order valence-electron chi connectivity index (χ4n) is 2.20. The molecule has 3 nitrogen and oxygen atoms in total. The number of halogens is 2. The Balaban J connectivity index is 2.11. The van der Waals surface area contributed by atoms with Gasteiger partial charge in [0, 0.05) is 12.6 Å². The maximum Gasteiger partial charge on any atom is 0.322 e. The summed E-state index contributed by atoms with van der Waals surface area (Å²) in [7, 11) is 0. The number of hydrogen-bond acceptors (Lipinski definition) is 1. The second kappa shape index (κ2) is 5.57. The first-order valence-electron chi connectivity index (χ1n) is 6.11. The van der Waals surface area contributed by atoms with Crippen LogP contribution in [-0.2, 0) is 0 Å². The zero-order valence-electron chi connectivity index (χ0n) is 10.2. The van der Waals surface area contributed by atoms with Gasteiger partial charge in [-0.05, 0) is 38.3 Å². The van der Waals surface area contributed by atoms with E-state index in [0.717, 1.165) is 19.3 Å². The monoisotopic (exact) mass is 270 g/mol. The minimum atomic E-state index is -0.513. The minimum absolute atomic E-state index is 0.0574. The van der Waals surface area contributed by atoms with Crippen molar-refractivity contribution in [1.29, 1.82) is 0 Å². The first kappa shape index (κ1) is 13.1. The van der Waals surface area contributed by atoms with E-state index in [4.69, 9.17) is 11.6 Å². The maximum absolute atomic E-state index is 13.6. The van der Waals surface area contributed by atoms with Crippen molar-refractivity contribution < 1.29 is 9.18 Å². The Bertz CT molecular complexity index is 432. The van der Waals surface area contributed by atoms with Gasteiger partial charge < -0.3 is 10.2 Å². The number of carbonyl (C=O) groups excluding carboxylic acids is 1. The van der Waals surface area contributed by atoms with Gasteiger partial charge >= 0.3 is 6.03 Å². The van der Waals surface area contributed by atoms with Gasteiger partial charge in [-0.1, -0.05) is 17.7 Å². The van der Waals surface area contributed by atoms with E-state index >= 15 is 0 Å². The number of nitrogens with one attached hydrogen (secondary N) is 1. The van der Waals surface area contributed by atoms with Gasteiger partial charge in [-0.15, -0.1) is 0 Å². The lowest BCUT2D eigenvalue weighted by molar-refractivity contribution is 0.170. The smallest absolute Gasteiger partial charge is 0.322 e. The SMILES string of the molecule is CC1CCCCN1C(=O)Nc1c(F)cccc1Cl. The Hall–Kier alpha value is -1.29. The third kappa shape index (κ3) is 2.75. The zero-order valence-corrected chi connectivity index (χ0v) is 11.0. The first-order valence-corrected chi connectivity index (χ1v) is 6.49. The fourth-order valence-corrected chi connectivity index (χ4v) is 2.41. The van der Waals surface area contributed by atoms with Gasteiger partial charge in [0.15, 0.2) is 0 Å². The summed E-state index contributed by atoms with van der Waals surface area (Å²) in [6.45, 7) is 2.71. The number of urea groups is 1. The molecule has 1 unspecified atom stereocenters. The molecule has 1 fully saturated rings. The molecular weight excluding hydrogens is 255 g/mol. The van der Waals surface area contributed by atoms with Crippen LogP contribution >= 0.6 is 11.6 Å². The Kier molecular flexibility index (Phi) is 4.07. The molecule has 1 saturated heterocycles. The number of piperidine rings is 1. The van der Waals surface area contributed by atoms with Crippen molar-refractivity contribution in [1.82, 2.24) is 4.90 Å². The first-order chi connectivity index (χ1) is 8.59. The third-order valence-corrected chi connectivity index (χ3v) is 3.57. The van der Waals surface area contributed by atoms with Crippen molar-refractivity contribution in [3.05, 3.63) is 29.0 Å². The standard InChI is InChI=1S/C13H16ClFN2O/c1-9-5-2-3-8-17(9)13(18)16-12-10(14)6-4-7-11(12)15/h4,6-7,9H,2-3,5,8H2,1H3,(H,16,18). The average Bonchev–Trinajstić information content (AvgIpc) is 2.34. The molecule has 1 aromatic carbocycles. The second-order valence-electron chi connectivity index (χ2n) is 4.57. The van der Waals surface area contributed by atoms with E-state index in [9.17, 15) is 9.18 Å². The number of anilines is 1. The topological polar surface area (TPSA) is 32.3 Å². The number of benzene rings is 1. The molecule has 1 heterocycles. The third-order valence-electron chi connectivity index (χ3n) is 3.26. The van der Waals surface area contributed by atoms with Crippen LogP contribution in [0.5, 0.6) is 0 Å². The van der Waals surface area contributed by atoms with Crippen LogP contribution in [0.15, 0.2) is 18.2 Å². The fraction of sp³-hybridized carbons (Fsp3) is 0.462. The van der Waals surface area contributed by atoms with Crippen molar-refractivity contribution in [2.24, 2.45) is 0 Å². The van der Waals surface area contributed by atoms with Gasteiger partial charge in [0.05, 0.1) is 10.7 Å².